The lowest BCUT2D eigenvalue weighted by atomic mass is 10.4. The molecule has 0 saturated heterocycles. The van der Waals surface area contributed by atoms with E-state index in [-0.39, 0.29) is 0 Å². The van der Waals surface area contributed by atoms with E-state index in [4.69, 9.17) is 5.11 Å². The van der Waals surface area contributed by atoms with Gasteiger partial charge in [-0.05, 0) is 0 Å². The average Bonchev–Trinajstić information content (AvgIpc) is 1.80. The Labute approximate surface area is 49.8 Å². The number of aromatic hydroxyl groups is 1. The van der Waals surface area contributed by atoms with Crippen LogP contribution in [0.2, 0.25) is 0 Å². The Morgan fingerprint density at radius 3 is 2.78 bits per heavy atom. The molecule has 2 N–H and O–H groups in total. The Hall–Kier alpha value is -1.32. The molecule has 1 rings (SSSR count). The third-order valence-electron chi connectivity index (χ3n) is 0.857. The number of hydrogen-bond donors (Lipinski definition) is 2. The second-order valence-corrected chi connectivity index (χ2v) is 1.53. The van der Waals surface area contributed by atoms with Gasteiger partial charge in [-0.15, -0.1) is 0 Å². The van der Waals surface area contributed by atoms with Crippen LogP contribution in [0.1, 0.15) is 0 Å². The van der Waals surface area contributed by atoms with Gasteiger partial charge in [-0.3, -0.25) is 4.79 Å². The Kier molecular flexibility index (Phi) is 1.22. The third kappa shape index (κ3) is 1.07. The summed E-state index contributed by atoms with van der Waals surface area (Å²) >= 11 is 0. The van der Waals surface area contributed by atoms with Crippen LogP contribution in [0.4, 0.5) is 4.39 Å². The molecule has 0 atom stereocenters. The maximum atomic E-state index is 12.0. The van der Waals surface area contributed by atoms with Gasteiger partial charge >= 0.3 is 0 Å². The van der Waals surface area contributed by atoms with Gasteiger partial charge in [0.05, 0.1) is 0 Å². The normalized spacial score (nSPS) is 9.44. The Morgan fingerprint density at radius 2 is 2.33 bits per heavy atom. The van der Waals surface area contributed by atoms with E-state index in [9.17, 15) is 9.18 Å². The van der Waals surface area contributed by atoms with Gasteiger partial charge in [-0.1, -0.05) is 0 Å². The fourth-order valence-corrected chi connectivity index (χ4v) is 0.439. The van der Waals surface area contributed by atoms with E-state index in [0.717, 1.165) is 6.20 Å². The highest BCUT2D eigenvalue weighted by Gasteiger charge is 1.94. The van der Waals surface area contributed by atoms with Crippen LogP contribution in [0.25, 0.3) is 0 Å². The minimum Gasteiger partial charge on any atom is -0.503 e. The summed E-state index contributed by atoms with van der Waals surface area (Å²) in [5.41, 5.74) is -0.716. The van der Waals surface area contributed by atoms with E-state index in [0.29, 0.717) is 6.07 Å². The Bertz CT molecular complexity index is 268. The first-order valence-corrected chi connectivity index (χ1v) is 2.27. The molecular weight excluding hydrogens is 125 g/mol. The molecule has 0 fully saturated rings. The highest BCUT2D eigenvalue weighted by molar-refractivity contribution is 5.14. The molecule has 0 unspecified atom stereocenters. The summed E-state index contributed by atoms with van der Waals surface area (Å²) in [5, 5.41) is 8.53. The molecule has 0 saturated carbocycles. The van der Waals surface area contributed by atoms with Crippen molar-refractivity contribution in [1.82, 2.24) is 4.98 Å². The van der Waals surface area contributed by atoms with Gasteiger partial charge in [-0.2, -0.15) is 4.39 Å². The molecule has 9 heavy (non-hydrogen) atoms. The molecule has 3 nitrogen and oxygen atoms in total. The summed E-state index contributed by atoms with van der Waals surface area (Å²) in [6.07, 6.45) is 0.900. The van der Waals surface area contributed by atoms with E-state index < -0.39 is 17.1 Å². The van der Waals surface area contributed by atoms with Crippen molar-refractivity contribution >= 4 is 0 Å². The minimum absolute atomic E-state index is 0.476. The third-order valence-corrected chi connectivity index (χ3v) is 0.857. The number of aromatic amines is 1. The van der Waals surface area contributed by atoms with Crippen LogP contribution in [0, 0.1) is 5.95 Å². The van der Waals surface area contributed by atoms with E-state index in [2.05, 4.69) is 0 Å². The van der Waals surface area contributed by atoms with Crippen LogP contribution < -0.4 is 5.43 Å². The summed E-state index contributed by atoms with van der Waals surface area (Å²) in [5.74, 6) is -1.23. The minimum atomic E-state index is -0.752. The first-order chi connectivity index (χ1) is 4.20. The number of pyridine rings is 1. The molecular formula is C5H4FNO2. The smallest absolute Gasteiger partial charge is 0.226 e. The van der Waals surface area contributed by atoms with Crippen molar-refractivity contribution < 1.29 is 9.50 Å². The summed E-state index contributed by atoms with van der Waals surface area (Å²) in [7, 11) is 0. The molecule has 1 heterocycles. The Morgan fingerprint density at radius 1 is 1.67 bits per heavy atom. The van der Waals surface area contributed by atoms with E-state index >= 15 is 0 Å². The van der Waals surface area contributed by atoms with Crippen LogP contribution in [0.5, 0.6) is 5.75 Å². The molecule has 0 aliphatic rings. The molecule has 0 amide bonds. The Balaban J connectivity index is 3.34. The van der Waals surface area contributed by atoms with Crippen LogP contribution in [0.15, 0.2) is 17.1 Å². The van der Waals surface area contributed by atoms with Gasteiger partial charge in [0.15, 0.2) is 11.7 Å². The first-order valence-electron chi connectivity index (χ1n) is 2.27. The van der Waals surface area contributed by atoms with E-state index in [1.165, 1.54) is 0 Å². The number of aromatic nitrogens is 1. The average molecular weight is 129 g/mol. The van der Waals surface area contributed by atoms with Crippen molar-refractivity contribution in [2.24, 2.45) is 0 Å². The van der Waals surface area contributed by atoms with Crippen molar-refractivity contribution in [1.29, 1.82) is 0 Å². The van der Waals surface area contributed by atoms with Gasteiger partial charge in [0.2, 0.25) is 5.43 Å². The van der Waals surface area contributed by atoms with Crippen LogP contribution in [0.3, 0.4) is 0 Å². The number of hydrogen-bond acceptors (Lipinski definition) is 2. The second-order valence-electron chi connectivity index (χ2n) is 1.53. The summed E-state index contributed by atoms with van der Waals surface area (Å²) in [4.78, 5) is 12.4. The molecule has 0 aliphatic carbocycles. The second kappa shape index (κ2) is 1.89. The maximum absolute atomic E-state index is 12.0. The molecule has 0 spiro atoms. The zero-order valence-corrected chi connectivity index (χ0v) is 4.39. The highest BCUT2D eigenvalue weighted by Crippen LogP contribution is 1.95. The van der Waals surface area contributed by atoms with Crippen molar-refractivity contribution in [3.63, 3.8) is 0 Å². The molecule has 0 aromatic carbocycles. The predicted molar refractivity (Wildman–Crippen MR) is 28.7 cm³/mol. The van der Waals surface area contributed by atoms with E-state index in [1.807, 2.05) is 4.98 Å². The maximum Gasteiger partial charge on any atom is 0.226 e. The summed E-state index contributed by atoms with van der Waals surface area (Å²) in [6, 6.07) is 0.676. The zero-order valence-electron chi connectivity index (χ0n) is 4.39. The van der Waals surface area contributed by atoms with Crippen LogP contribution >= 0.6 is 0 Å². The van der Waals surface area contributed by atoms with Crippen LogP contribution in [-0.4, -0.2) is 10.1 Å². The monoisotopic (exact) mass is 129 g/mol. The molecule has 1 aromatic heterocycles. The lowest BCUT2D eigenvalue weighted by Gasteiger charge is -1.87. The fourth-order valence-electron chi connectivity index (χ4n) is 0.439. The largest absolute Gasteiger partial charge is 0.503 e. The van der Waals surface area contributed by atoms with Gasteiger partial charge in [0, 0.05) is 12.3 Å². The lowest BCUT2D eigenvalue weighted by molar-refractivity contribution is 0.461. The standard InChI is InChI=1S/C5H4FNO2/c6-5-1-3(8)4(9)2-7-5/h1-2,9H,(H,7,8). The zero-order chi connectivity index (χ0) is 6.85. The summed E-state index contributed by atoms with van der Waals surface area (Å²) < 4.78 is 12.0. The topological polar surface area (TPSA) is 53.1 Å². The molecule has 48 valence electrons. The van der Waals surface area contributed by atoms with Crippen molar-refractivity contribution in [2.45, 2.75) is 0 Å². The van der Waals surface area contributed by atoms with Gasteiger partial charge in [0.1, 0.15) is 0 Å². The number of halogens is 1. The number of rotatable bonds is 0. The number of H-pyrrole nitrogens is 1. The molecule has 0 bridgehead atoms. The highest BCUT2D eigenvalue weighted by atomic mass is 19.1. The van der Waals surface area contributed by atoms with Crippen molar-refractivity contribution in [3.05, 3.63) is 28.4 Å². The van der Waals surface area contributed by atoms with Gasteiger partial charge in [0.25, 0.3) is 0 Å². The quantitative estimate of drug-likeness (QED) is 0.492. The van der Waals surface area contributed by atoms with Gasteiger partial charge < -0.3 is 10.1 Å². The number of nitrogens with one attached hydrogen (secondary N) is 1. The van der Waals surface area contributed by atoms with E-state index in [1.54, 1.807) is 0 Å². The predicted octanol–water partition coefficient (Wildman–Crippen LogP) is 0.220. The van der Waals surface area contributed by atoms with Crippen molar-refractivity contribution in [2.75, 3.05) is 0 Å². The first kappa shape index (κ1) is 5.81. The molecule has 1 aromatic rings. The summed E-state index contributed by atoms with van der Waals surface area (Å²) in [6.45, 7) is 0. The van der Waals surface area contributed by atoms with Gasteiger partial charge in [-0.25, -0.2) is 0 Å². The van der Waals surface area contributed by atoms with Crippen molar-refractivity contribution in [3.8, 4) is 5.75 Å². The van der Waals surface area contributed by atoms with Crippen LogP contribution in [-0.2, 0) is 0 Å². The molecule has 0 aliphatic heterocycles. The molecule has 4 heteroatoms. The molecule has 0 radical (unpaired) electrons. The SMILES string of the molecule is O=c1cc(F)[nH]cc1O. The fraction of sp³-hybridized carbons (Fsp3) is 0. The lowest BCUT2D eigenvalue weighted by Crippen LogP contribution is -2.00.